The number of carboxylic acids is 2. The van der Waals surface area contributed by atoms with Crippen LogP contribution in [0.5, 0.6) is 0 Å². The van der Waals surface area contributed by atoms with Crippen LogP contribution in [0.4, 0.5) is 5.82 Å². The minimum absolute atomic E-state index is 0.254. The molecule has 192 valence electrons. The molecule has 0 amide bonds. The van der Waals surface area contributed by atoms with Gasteiger partial charge in [-0.3, -0.25) is 4.98 Å². The summed E-state index contributed by atoms with van der Waals surface area (Å²) in [5.74, 6) is -2.55. The fourth-order valence-corrected chi connectivity index (χ4v) is 4.04. The molecule has 1 unspecified atom stereocenters. The maximum Gasteiger partial charge on any atom is 0.414 e. The van der Waals surface area contributed by atoms with Crippen LogP contribution in [-0.2, 0) is 20.7 Å². The number of fused-ring (bicyclic) bond motifs is 1. The molecule has 0 saturated carbocycles. The molecule has 4 rings (SSSR count). The Hall–Kier alpha value is -3.56. The smallest absolute Gasteiger partial charge is 0.414 e. The molecule has 2 N–H and O–H groups in total. The van der Waals surface area contributed by atoms with E-state index in [-0.39, 0.29) is 6.10 Å². The average molecular weight is 495 g/mol. The van der Waals surface area contributed by atoms with Crippen LogP contribution in [0.3, 0.4) is 0 Å². The first-order chi connectivity index (χ1) is 17.3. The van der Waals surface area contributed by atoms with Gasteiger partial charge in [0.15, 0.2) is 0 Å². The van der Waals surface area contributed by atoms with Gasteiger partial charge in [0, 0.05) is 56.1 Å². The number of piperazine rings is 1. The summed E-state index contributed by atoms with van der Waals surface area (Å²) in [5.41, 5.74) is 3.16. The van der Waals surface area contributed by atoms with Crippen molar-refractivity contribution in [3.8, 4) is 11.3 Å². The summed E-state index contributed by atoms with van der Waals surface area (Å²) in [6.07, 6.45) is 4.12. The molecule has 1 saturated heterocycles. The highest BCUT2D eigenvalue weighted by atomic mass is 16.5. The Morgan fingerprint density at radius 2 is 1.75 bits per heavy atom. The highest BCUT2D eigenvalue weighted by Crippen LogP contribution is 2.30. The van der Waals surface area contributed by atoms with Crippen LogP contribution in [0.1, 0.15) is 26.0 Å². The lowest BCUT2D eigenvalue weighted by atomic mass is 10.1. The van der Waals surface area contributed by atoms with E-state index in [1.165, 1.54) is 10.8 Å². The third kappa shape index (κ3) is 7.22. The zero-order valence-corrected chi connectivity index (χ0v) is 21.1. The van der Waals surface area contributed by atoms with Crippen LogP contribution >= 0.6 is 0 Å². The number of rotatable bonds is 7. The Balaban J connectivity index is 0.000000538. The van der Waals surface area contributed by atoms with Crippen molar-refractivity contribution in [1.82, 2.24) is 14.9 Å². The van der Waals surface area contributed by atoms with Crippen molar-refractivity contribution >= 4 is 28.5 Å². The molecule has 0 aliphatic carbocycles. The number of likely N-dealkylation sites (N-methyl/N-ethyl adjacent to an activating group) is 1. The van der Waals surface area contributed by atoms with E-state index in [0.717, 1.165) is 68.3 Å². The highest BCUT2D eigenvalue weighted by molar-refractivity contribution is 6.27. The van der Waals surface area contributed by atoms with Crippen molar-refractivity contribution < 1.29 is 24.5 Å². The number of carboxylic acid groups (broad SMARTS) is 2. The van der Waals surface area contributed by atoms with Gasteiger partial charge in [-0.15, -0.1) is 0 Å². The second-order valence-electron chi connectivity index (χ2n) is 8.71. The third-order valence-corrected chi connectivity index (χ3v) is 6.35. The van der Waals surface area contributed by atoms with Crippen molar-refractivity contribution in [2.24, 2.45) is 0 Å². The number of carbonyl (C=O) groups is 2. The first kappa shape index (κ1) is 27.0. The Morgan fingerprint density at radius 1 is 1.06 bits per heavy atom. The fraction of sp³-hybridized carbons (Fsp3) is 0.407. The lowest BCUT2D eigenvalue weighted by Gasteiger charge is -2.35. The first-order valence-electron chi connectivity index (χ1n) is 12.1. The van der Waals surface area contributed by atoms with E-state index in [9.17, 15) is 0 Å². The summed E-state index contributed by atoms with van der Waals surface area (Å²) >= 11 is 0. The van der Waals surface area contributed by atoms with Gasteiger partial charge < -0.3 is 24.7 Å². The molecule has 1 fully saturated rings. The van der Waals surface area contributed by atoms with Crippen molar-refractivity contribution in [3.05, 3.63) is 54.4 Å². The molecule has 0 radical (unpaired) electrons. The summed E-state index contributed by atoms with van der Waals surface area (Å²) in [7, 11) is 1.76. The van der Waals surface area contributed by atoms with Crippen molar-refractivity contribution in [2.75, 3.05) is 44.7 Å². The molecular weight excluding hydrogens is 460 g/mol. The molecule has 3 aromatic rings. The number of benzene rings is 1. The van der Waals surface area contributed by atoms with E-state index in [1.807, 2.05) is 6.20 Å². The molecule has 2 aromatic heterocycles. The number of anilines is 1. The fourth-order valence-electron chi connectivity index (χ4n) is 4.04. The topological polar surface area (TPSA) is 116 Å². The molecule has 36 heavy (non-hydrogen) atoms. The lowest BCUT2D eigenvalue weighted by Crippen LogP contribution is -2.46. The number of methoxy groups -OCH3 is 1. The van der Waals surface area contributed by atoms with Gasteiger partial charge in [-0.1, -0.05) is 31.2 Å². The normalized spacial score (nSPS) is 14.7. The molecule has 1 aliphatic heterocycles. The van der Waals surface area contributed by atoms with Gasteiger partial charge in [-0.25, -0.2) is 14.6 Å². The van der Waals surface area contributed by atoms with E-state index in [4.69, 9.17) is 29.5 Å². The number of aromatic nitrogens is 2. The molecule has 9 nitrogen and oxygen atoms in total. The summed E-state index contributed by atoms with van der Waals surface area (Å²) in [5, 5.41) is 17.2. The maximum absolute atomic E-state index is 9.10. The number of hydrogen-bond donors (Lipinski definition) is 2. The molecule has 9 heteroatoms. The average Bonchev–Trinajstić information content (AvgIpc) is 2.91. The monoisotopic (exact) mass is 494 g/mol. The second-order valence-corrected chi connectivity index (χ2v) is 8.71. The Labute approximate surface area is 211 Å². The van der Waals surface area contributed by atoms with Crippen LogP contribution in [0.15, 0.2) is 48.7 Å². The van der Waals surface area contributed by atoms with Crippen LogP contribution in [0.2, 0.25) is 0 Å². The molecular formula is C27H34N4O5. The van der Waals surface area contributed by atoms with Crippen LogP contribution in [0, 0.1) is 0 Å². The number of pyridine rings is 2. The maximum atomic E-state index is 9.10. The van der Waals surface area contributed by atoms with Gasteiger partial charge in [-0.2, -0.15) is 0 Å². The second kappa shape index (κ2) is 12.9. The van der Waals surface area contributed by atoms with Crippen LogP contribution in [0.25, 0.3) is 22.0 Å². The van der Waals surface area contributed by atoms with Crippen LogP contribution in [-0.4, -0.2) is 83.0 Å². The summed E-state index contributed by atoms with van der Waals surface area (Å²) in [6, 6.07) is 15.0. The largest absolute Gasteiger partial charge is 0.473 e. The van der Waals surface area contributed by atoms with E-state index in [0.29, 0.717) is 0 Å². The van der Waals surface area contributed by atoms with Gasteiger partial charge in [0.05, 0.1) is 11.8 Å². The van der Waals surface area contributed by atoms with Gasteiger partial charge >= 0.3 is 11.9 Å². The van der Waals surface area contributed by atoms with Crippen LogP contribution < -0.4 is 4.90 Å². The van der Waals surface area contributed by atoms with E-state index in [2.05, 4.69) is 71.1 Å². The van der Waals surface area contributed by atoms with Gasteiger partial charge in [-0.05, 0) is 49.9 Å². The highest BCUT2D eigenvalue weighted by Gasteiger charge is 2.20. The standard InChI is InChI=1S/C25H32N4O.C2H2O4/c1-4-28-13-15-29(16-14-28)25-23-8-6-5-7-20(23)17-24(27-25)21-10-12-22(26-18-21)11-9-19(2)30-3;3-1(4)2(5)6/h5-8,10,12,17-19H,4,9,11,13-16H2,1-3H3;(H,3,4)(H,5,6). The minimum atomic E-state index is -1.82. The van der Waals surface area contributed by atoms with E-state index < -0.39 is 11.9 Å². The van der Waals surface area contributed by atoms with Crippen molar-refractivity contribution in [3.63, 3.8) is 0 Å². The molecule has 1 aromatic carbocycles. The summed E-state index contributed by atoms with van der Waals surface area (Å²) in [6.45, 7) is 9.65. The van der Waals surface area contributed by atoms with Crippen molar-refractivity contribution in [2.45, 2.75) is 32.8 Å². The quantitative estimate of drug-likeness (QED) is 0.476. The molecule has 1 aliphatic rings. The SMILES string of the molecule is CCN1CCN(c2nc(-c3ccc(CCC(C)OC)nc3)cc3ccccc23)CC1.O=C(O)C(=O)O. The molecule has 0 spiro atoms. The molecule has 1 atom stereocenters. The zero-order chi connectivity index (χ0) is 26.1. The minimum Gasteiger partial charge on any atom is -0.473 e. The van der Waals surface area contributed by atoms with E-state index >= 15 is 0 Å². The number of ether oxygens (including phenoxy) is 1. The summed E-state index contributed by atoms with van der Waals surface area (Å²) in [4.78, 5) is 32.9. The number of aliphatic carboxylic acids is 2. The first-order valence-corrected chi connectivity index (χ1v) is 12.1. The number of nitrogens with zero attached hydrogens (tertiary/aromatic N) is 4. The number of aryl methyl sites for hydroxylation is 1. The Morgan fingerprint density at radius 3 is 2.33 bits per heavy atom. The van der Waals surface area contributed by atoms with E-state index in [1.54, 1.807) is 7.11 Å². The Kier molecular flexibility index (Phi) is 9.72. The van der Waals surface area contributed by atoms with Gasteiger partial charge in [0.25, 0.3) is 0 Å². The van der Waals surface area contributed by atoms with Gasteiger partial charge in [0.2, 0.25) is 0 Å². The van der Waals surface area contributed by atoms with Gasteiger partial charge in [0.1, 0.15) is 5.82 Å². The number of hydrogen-bond acceptors (Lipinski definition) is 7. The lowest BCUT2D eigenvalue weighted by molar-refractivity contribution is -0.159. The zero-order valence-electron chi connectivity index (χ0n) is 21.1. The third-order valence-electron chi connectivity index (χ3n) is 6.35. The Bertz CT molecular complexity index is 1150. The van der Waals surface area contributed by atoms with Crippen molar-refractivity contribution in [1.29, 1.82) is 0 Å². The molecule has 0 bridgehead atoms. The molecule has 3 heterocycles. The summed E-state index contributed by atoms with van der Waals surface area (Å²) < 4.78 is 5.34. The predicted molar refractivity (Wildman–Crippen MR) is 139 cm³/mol. The predicted octanol–water partition coefficient (Wildman–Crippen LogP) is 3.56.